The number of benzene rings is 1. The van der Waals surface area contributed by atoms with Gasteiger partial charge in [-0.3, -0.25) is 0 Å². The van der Waals surface area contributed by atoms with Crippen molar-refractivity contribution in [1.29, 1.82) is 0 Å². The fraction of sp³-hybridized carbons (Fsp3) is 0.625. The molecule has 1 aliphatic rings. The predicted molar refractivity (Wildman–Crippen MR) is 78.1 cm³/mol. The molecule has 2 unspecified atom stereocenters. The number of nitrogens with one attached hydrogen (secondary N) is 1. The summed E-state index contributed by atoms with van der Waals surface area (Å²) in [6.07, 6.45) is 1.22. The highest BCUT2D eigenvalue weighted by Gasteiger charge is 2.52. The maximum Gasteiger partial charge on any atom is 0.126 e. The van der Waals surface area contributed by atoms with Crippen LogP contribution in [-0.2, 0) is 5.41 Å². The Kier molecular flexibility index (Phi) is 4.04. The lowest BCUT2D eigenvalue weighted by Gasteiger charge is -2.18. The van der Waals surface area contributed by atoms with Gasteiger partial charge in [0.1, 0.15) is 11.5 Å². The smallest absolute Gasteiger partial charge is 0.126 e. The topological polar surface area (TPSA) is 30.5 Å². The van der Waals surface area contributed by atoms with Gasteiger partial charge >= 0.3 is 0 Å². The number of methoxy groups -OCH3 is 2. The molecular weight excluding hydrogens is 238 g/mol. The van der Waals surface area contributed by atoms with Crippen LogP contribution in [0.1, 0.15) is 32.8 Å². The molecule has 0 bridgehead atoms. The molecule has 3 nitrogen and oxygen atoms in total. The van der Waals surface area contributed by atoms with Gasteiger partial charge in [-0.15, -0.1) is 0 Å². The minimum atomic E-state index is 0.236. The first-order valence-electron chi connectivity index (χ1n) is 6.97. The molecule has 0 radical (unpaired) electrons. The molecule has 0 aromatic heterocycles. The molecule has 0 heterocycles. The molecule has 1 saturated carbocycles. The molecule has 0 spiro atoms. The second-order valence-corrected chi connectivity index (χ2v) is 5.95. The SMILES string of the molecule is COc1ccc(C2(C)CC2CNC(C)C)c(OC)c1. The molecule has 19 heavy (non-hydrogen) atoms. The average Bonchev–Trinajstić information content (AvgIpc) is 3.07. The Morgan fingerprint density at radius 2 is 2.05 bits per heavy atom. The molecule has 1 N–H and O–H groups in total. The van der Waals surface area contributed by atoms with E-state index in [-0.39, 0.29) is 5.41 Å². The molecule has 0 saturated heterocycles. The maximum atomic E-state index is 5.53. The van der Waals surface area contributed by atoms with E-state index in [1.54, 1.807) is 14.2 Å². The van der Waals surface area contributed by atoms with E-state index in [1.807, 2.05) is 12.1 Å². The Balaban J connectivity index is 2.14. The summed E-state index contributed by atoms with van der Waals surface area (Å²) < 4.78 is 10.8. The molecule has 0 amide bonds. The zero-order chi connectivity index (χ0) is 14.0. The van der Waals surface area contributed by atoms with Gasteiger partial charge in [0.25, 0.3) is 0 Å². The van der Waals surface area contributed by atoms with E-state index < -0.39 is 0 Å². The fourth-order valence-electron chi connectivity index (χ4n) is 2.73. The van der Waals surface area contributed by atoms with Gasteiger partial charge in [-0.2, -0.15) is 0 Å². The molecule has 3 heteroatoms. The van der Waals surface area contributed by atoms with Gasteiger partial charge in [-0.05, 0) is 24.9 Å². The molecular formula is C16H25NO2. The lowest BCUT2D eigenvalue weighted by Crippen LogP contribution is -2.26. The maximum absolute atomic E-state index is 5.53. The summed E-state index contributed by atoms with van der Waals surface area (Å²) in [5.41, 5.74) is 1.53. The highest BCUT2D eigenvalue weighted by atomic mass is 16.5. The second kappa shape index (κ2) is 5.41. The van der Waals surface area contributed by atoms with E-state index in [0.717, 1.165) is 18.0 Å². The number of ether oxygens (including phenoxy) is 2. The first kappa shape index (κ1) is 14.2. The summed E-state index contributed by atoms with van der Waals surface area (Å²) in [5.74, 6) is 2.48. The third kappa shape index (κ3) is 2.86. The van der Waals surface area contributed by atoms with Gasteiger partial charge in [-0.25, -0.2) is 0 Å². The van der Waals surface area contributed by atoms with Crippen molar-refractivity contribution in [3.8, 4) is 11.5 Å². The lowest BCUT2D eigenvalue weighted by atomic mass is 9.94. The van der Waals surface area contributed by atoms with Crippen LogP contribution in [0.2, 0.25) is 0 Å². The molecule has 1 fully saturated rings. The first-order valence-corrected chi connectivity index (χ1v) is 6.97. The van der Waals surface area contributed by atoms with E-state index in [4.69, 9.17) is 9.47 Å². The van der Waals surface area contributed by atoms with Crippen molar-refractivity contribution in [3.05, 3.63) is 23.8 Å². The van der Waals surface area contributed by atoms with Gasteiger partial charge in [0, 0.05) is 23.1 Å². The van der Waals surface area contributed by atoms with Crippen molar-refractivity contribution >= 4 is 0 Å². The van der Waals surface area contributed by atoms with Crippen molar-refractivity contribution in [2.24, 2.45) is 5.92 Å². The minimum Gasteiger partial charge on any atom is -0.497 e. The quantitative estimate of drug-likeness (QED) is 0.856. The van der Waals surface area contributed by atoms with Crippen molar-refractivity contribution in [3.63, 3.8) is 0 Å². The molecule has 1 aromatic carbocycles. The van der Waals surface area contributed by atoms with Gasteiger partial charge in [0.15, 0.2) is 0 Å². The second-order valence-electron chi connectivity index (χ2n) is 5.95. The van der Waals surface area contributed by atoms with Gasteiger partial charge in [-0.1, -0.05) is 26.8 Å². The minimum absolute atomic E-state index is 0.236. The Hall–Kier alpha value is -1.22. The predicted octanol–water partition coefficient (Wildman–Crippen LogP) is 2.98. The monoisotopic (exact) mass is 263 g/mol. The van der Waals surface area contributed by atoms with Gasteiger partial charge in [0.2, 0.25) is 0 Å². The lowest BCUT2D eigenvalue weighted by molar-refractivity contribution is 0.386. The van der Waals surface area contributed by atoms with Crippen LogP contribution in [0.4, 0.5) is 0 Å². The molecule has 0 aliphatic heterocycles. The third-order valence-corrected chi connectivity index (χ3v) is 4.21. The van der Waals surface area contributed by atoms with E-state index >= 15 is 0 Å². The highest BCUT2D eigenvalue weighted by Crippen LogP contribution is 2.56. The van der Waals surface area contributed by atoms with Gasteiger partial charge in [0.05, 0.1) is 14.2 Å². The zero-order valence-corrected chi connectivity index (χ0v) is 12.6. The van der Waals surface area contributed by atoms with Crippen LogP contribution in [0.15, 0.2) is 18.2 Å². The van der Waals surface area contributed by atoms with Crippen LogP contribution in [0.3, 0.4) is 0 Å². The van der Waals surface area contributed by atoms with Crippen molar-refractivity contribution in [2.75, 3.05) is 20.8 Å². The molecule has 1 aromatic rings. The molecule has 106 valence electrons. The van der Waals surface area contributed by atoms with E-state index in [1.165, 1.54) is 12.0 Å². The van der Waals surface area contributed by atoms with Crippen molar-refractivity contribution in [1.82, 2.24) is 5.32 Å². The van der Waals surface area contributed by atoms with Crippen LogP contribution < -0.4 is 14.8 Å². The standard InChI is InChI=1S/C16H25NO2/c1-11(2)17-10-12-9-16(12,3)14-7-6-13(18-4)8-15(14)19-5/h6-8,11-12,17H,9-10H2,1-5H3. The summed E-state index contributed by atoms with van der Waals surface area (Å²) in [7, 11) is 3.41. The Labute approximate surface area is 116 Å². The van der Waals surface area contributed by atoms with Crippen LogP contribution in [0.25, 0.3) is 0 Å². The zero-order valence-electron chi connectivity index (χ0n) is 12.6. The average molecular weight is 263 g/mol. The van der Waals surface area contributed by atoms with Crippen LogP contribution in [-0.4, -0.2) is 26.8 Å². The van der Waals surface area contributed by atoms with Crippen LogP contribution in [0.5, 0.6) is 11.5 Å². The first-order chi connectivity index (χ1) is 9.01. The van der Waals surface area contributed by atoms with Crippen LogP contribution in [0, 0.1) is 5.92 Å². The van der Waals surface area contributed by atoms with E-state index in [2.05, 4.69) is 32.2 Å². The van der Waals surface area contributed by atoms with Gasteiger partial charge < -0.3 is 14.8 Å². The number of rotatable bonds is 6. The largest absolute Gasteiger partial charge is 0.497 e. The molecule has 2 rings (SSSR count). The summed E-state index contributed by atoms with van der Waals surface area (Å²) >= 11 is 0. The van der Waals surface area contributed by atoms with E-state index in [0.29, 0.717) is 12.0 Å². The van der Waals surface area contributed by atoms with Crippen LogP contribution >= 0.6 is 0 Å². The Bertz CT molecular complexity index is 444. The molecule has 2 atom stereocenters. The summed E-state index contributed by atoms with van der Waals surface area (Å²) in [4.78, 5) is 0. The normalized spacial score (nSPS) is 25.5. The van der Waals surface area contributed by atoms with E-state index in [9.17, 15) is 0 Å². The Morgan fingerprint density at radius 3 is 2.63 bits per heavy atom. The Morgan fingerprint density at radius 1 is 1.32 bits per heavy atom. The summed E-state index contributed by atoms with van der Waals surface area (Å²) in [6, 6.07) is 6.69. The number of hydrogen-bond donors (Lipinski definition) is 1. The summed E-state index contributed by atoms with van der Waals surface area (Å²) in [6.45, 7) is 7.77. The number of hydrogen-bond acceptors (Lipinski definition) is 3. The molecule has 1 aliphatic carbocycles. The highest BCUT2D eigenvalue weighted by molar-refractivity contribution is 5.48. The third-order valence-electron chi connectivity index (χ3n) is 4.21. The van der Waals surface area contributed by atoms with Crippen molar-refractivity contribution < 1.29 is 9.47 Å². The fourth-order valence-corrected chi connectivity index (χ4v) is 2.73. The van der Waals surface area contributed by atoms with Crippen molar-refractivity contribution in [2.45, 2.75) is 38.6 Å². The summed E-state index contributed by atoms with van der Waals surface area (Å²) in [5, 5.41) is 3.53.